The van der Waals surface area contributed by atoms with Crippen molar-refractivity contribution in [2.45, 2.75) is 37.6 Å². The predicted octanol–water partition coefficient (Wildman–Crippen LogP) is 3.96. The number of hydrogen-bond acceptors (Lipinski definition) is 5. The number of rotatable bonds is 5. The number of amides is 1. The van der Waals surface area contributed by atoms with Gasteiger partial charge >= 0.3 is 6.18 Å². The van der Waals surface area contributed by atoms with E-state index in [0.29, 0.717) is 31.4 Å². The molecule has 1 amide bonds. The zero-order valence-electron chi connectivity index (χ0n) is 19.2. The van der Waals surface area contributed by atoms with Gasteiger partial charge < -0.3 is 15.3 Å². The average Bonchev–Trinajstić information content (AvgIpc) is 3.32. The number of pyridine rings is 2. The molecular weight excluding hydrogens is 523 g/mol. The zero-order valence-corrected chi connectivity index (χ0v) is 20.0. The third-order valence-corrected chi connectivity index (χ3v) is 7.13. The van der Waals surface area contributed by atoms with E-state index < -0.39 is 63.5 Å². The molecule has 5 rings (SSSR count). The normalized spacial score (nSPS) is 21.7. The number of carbonyl (C=O) groups is 1. The molecule has 0 radical (unpaired) electrons. The average molecular weight is 543 g/mol. The van der Waals surface area contributed by atoms with Gasteiger partial charge in [-0.15, -0.1) is 0 Å². The second-order valence-electron chi connectivity index (χ2n) is 9.36. The lowest BCUT2D eigenvalue weighted by atomic mass is 10.1. The molecule has 1 saturated heterocycles. The van der Waals surface area contributed by atoms with Crippen molar-refractivity contribution in [1.82, 2.24) is 14.9 Å². The van der Waals surface area contributed by atoms with E-state index in [0.717, 1.165) is 16.8 Å². The van der Waals surface area contributed by atoms with Crippen LogP contribution < -0.4 is 15.6 Å². The number of β-amino-alcohol motifs (C(OH)–C–C–N with tert-alkyl or cyclic N) is 1. The molecule has 0 spiro atoms. The molecular formula is C24H20ClF5N4O3. The first-order chi connectivity index (χ1) is 17.3. The molecule has 1 aromatic carbocycles. The smallest absolute Gasteiger partial charge is 0.388 e. The third kappa shape index (κ3) is 4.42. The number of piperidine rings is 1. The predicted molar refractivity (Wildman–Crippen MR) is 125 cm³/mol. The Morgan fingerprint density at radius 1 is 1.32 bits per heavy atom. The summed E-state index contributed by atoms with van der Waals surface area (Å²) in [4.78, 5) is 32.2. The second kappa shape index (κ2) is 8.66. The maximum Gasteiger partial charge on any atom is 0.408 e. The minimum Gasteiger partial charge on any atom is -0.388 e. The van der Waals surface area contributed by atoms with Crippen molar-refractivity contribution in [3.05, 3.63) is 62.9 Å². The number of halogens is 6. The number of alkyl halides is 3. The van der Waals surface area contributed by atoms with Gasteiger partial charge in [0.2, 0.25) is 5.43 Å². The number of fused-ring (bicyclic) bond motifs is 2. The second-order valence-corrected chi connectivity index (χ2v) is 9.77. The molecule has 1 aliphatic carbocycles. The van der Waals surface area contributed by atoms with Crippen molar-refractivity contribution in [1.29, 1.82) is 0 Å². The topological polar surface area (TPSA) is 87.5 Å². The molecule has 2 aliphatic rings. The van der Waals surface area contributed by atoms with Crippen LogP contribution in [0.15, 0.2) is 35.3 Å². The van der Waals surface area contributed by atoms with Gasteiger partial charge in [-0.3, -0.25) is 14.2 Å². The summed E-state index contributed by atoms with van der Waals surface area (Å²) in [5, 5.41) is 11.6. The van der Waals surface area contributed by atoms with Crippen LogP contribution in [0.25, 0.3) is 16.7 Å². The Labute approximate surface area is 211 Å². The summed E-state index contributed by atoms with van der Waals surface area (Å²) in [6, 6.07) is 1.92. The summed E-state index contributed by atoms with van der Waals surface area (Å²) in [5.41, 5.74) is -3.05. The Morgan fingerprint density at radius 3 is 2.65 bits per heavy atom. The fraction of sp³-hybridized carbons (Fsp3) is 0.375. The van der Waals surface area contributed by atoms with E-state index in [4.69, 9.17) is 11.6 Å². The van der Waals surface area contributed by atoms with Crippen LogP contribution in [-0.2, 0) is 0 Å². The quantitative estimate of drug-likeness (QED) is 0.477. The lowest BCUT2D eigenvalue weighted by Crippen LogP contribution is -2.46. The van der Waals surface area contributed by atoms with Gasteiger partial charge in [0.1, 0.15) is 28.9 Å². The molecule has 0 bridgehead atoms. The van der Waals surface area contributed by atoms with E-state index >= 15 is 0 Å². The van der Waals surface area contributed by atoms with Crippen LogP contribution in [0.3, 0.4) is 0 Å². The highest BCUT2D eigenvalue weighted by atomic mass is 35.5. The first kappa shape index (κ1) is 25.4. The van der Waals surface area contributed by atoms with E-state index in [9.17, 15) is 36.6 Å². The van der Waals surface area contributed by atoms with Gasteiger partial charge in [0.15, 0.2) is 11.5 Å². The summed E-state index contributed by atoms with van der Waals surface area (Å²) < 4.78 is 69.4. The van der Waals surface area contributed by atoms with Crippen LogP contribution in [0, 0.1) is 17.6 Å². The summed E-state index contributed by atoms with van der Waals surface area (Å²) in [7, 11) is 0. The number of aromatic nitrogens is 2. The highest BCUT2D eigenvalue weighted by molar-refractivity contribution is 6.32. The molecule has 2 aromatic heterocycles. The maximum atomic E-state index is 14.9. The Balaban J connectivity index is 1.69. The van der Waals surface area contributed by atoms with Gasteiger partial charge in [0.05, 0.1) is 16.0 Å². The molecule has 13 heteroatoms. The van der Waals surface area contributed by atoms with Crippen molar-refractivity contribution in [2.24, 2.45) is 5.92 Å². The molecule has 1 saturated carbocycles. The number of carbonyl (C=O) groups excluding carboxylic acids is 1. The molecule has 3 unspecified atom stereocenters. The van der Waals surface area contributed by atoms with E-state index in [1.165, 1.54) is 19.1 Å². The van der Waals surface area contributed by atoms with E-state index in [-0.39, 0.29) is 17.0 Å². The molecule has 3 atom stereocenters. The Kier molecular flexibility index (Phi) is 5.94. The summed E-state index contributed by atoms with van der Waals surface area (Å²) >= 11 is 6.12. The summed E-state index contributed by atoms with van der Waals surface area (Å²) in [5.74, 6) is -3.03. The van der Waals surface area contributed by atoms with Crippen molar-refractivity contribution in [2.75, 3.05) is 18.0 Å². The van der Waals surface area contributed by atoms with Gasteiger partial charge in [-0.05, 0) is 31.0 Å². The van der Waals surface area contributed by atoms with Crippen LogP contribution in [0.4, 0.5) is 27.8 Å². The number of anilines is 1. The van der Waals surface area contributed by atoms with E-state index in [1.54, 1.807) is 10.2 Å². The molecule has 2 N–H and O–H groups in total. The highest BCUT2D eigenvalue weighted by Gasteiger charge is 2.59. The van der Waals surface area contributed by atoms with Crippen molar-refractivity contribution < 1.29 is 31.9 Å². The van der Waals surface area contributed by atoms with E-state index in [2.05, 4.69) is 4.98 Å². The molecule has 7 nitrogen and oxygen atoms in total. The van der Waals surface area contributed by atoms with Crippen LogP contribution >= 0.6 is 11.6 Å². The SMILES string of the molecule is CCC(NC(=O)c1cn(-c2c(F)cc(F)cc2Cl)c2nc(N3CC4CC4(O)C3)ccc2c1=O)C(F)(F)F. The number of aliphatic hydroxyl groups is 1. The summed E-state index contributed by atoms with van der Waals surface area (Å²) in [6.07, 6.45) is -3.74. The van der Waals surface area contributed by atoms with Crippen molar-refractivity contribution in [3.8, 4) is 5.69 Å². The number of nitrogens with zero attached hydrogens (tertiary/aromatic N) is 3. The lowest BCUT2D eigenvalue weighted by Gasteiger charge is -2.22. The Morgan fingerprint density at radius 2 is 2.05 bits per heavy atom. The van der Waals surface area contributed by atoms with Crippen LogP contribution in [-0.4, -0.2) is 51.5 Å². The van der Waals surface area contributed by atoms with Gasteiger partial charge in [0, 0.05) is 31.3 Å². The monoisotopic (exact) mass is 542 g/mol. The minimum absolute atomic E-state index is 0.0717. The van der Waals surface area contributed by atoms with Crippen LogP contribution in [0.5, 0.6) is 0 Å². The van der Waals surface area contributed by atoms with Gasteiger partial charge in [0.25, 0.3) is 5.91 Å². The third-order valence-electron chi connectivity index (χ3n) is 6.84. The van der Waals surface area contributed by atoms with Gasteiger partial charge in [-0.2, -0.15) is 13.2 Å². The number of benzene rings is 1. The van der Waals surface area contributed by atoms with Crippen molar-refractivity contribution in [3.63, 3.8) is 0 Å². The van der Waals surface area contributed by atoms with Gasteiger partial charge in [-0.1, -0.05) is 18.5 Å². The fourth-order valence-corrected chi connectivity index (χ4v) is 5.03. The largest absolute Gasteiger partial charge is 0.408 e. The highest BCUT2D eigenvalue weighted by Crippen LogP contribution is 2.50. The molecule has 1 aliphatic heterocycles. The summed E-state index contributed by atoms with van der Waals surface area (Å²) in [6.45, 7) is 2.01. The zero-order chi connectivity index (χ0) is 26.9. The molecule has 196 valence electrons. The van der Waals surface area contributed by atoms with Gasteiger partial charge in [-0.25, -0.2) is 13.8 Å². The van der Waals surface area contributed by atoms with Crippen LogP contribution in [0.2, 0.25) is 5.02 Å². The first-order valence-electron chi connectivity index (χ1n) is 11.4. The fourth-order valence-electron chi connectivity index (χ4n) is 4.75. The maximum absolute atomic E-state index is 14.9. The Hall–Kier alpha value is -3.25. The molecule has 3 aromatic rings. The van der Waals surface area contributed by atoms with Crippen LogP contribution in [0.1, 0.15) is 30.1 Å². The molecule has 37 heavy (non-hydrogen) atoms. The lowest BCUT2D eigenvalue weighted by molar-refractivity contribution is -0.153. The minimum atomic E-state index is -4.76. The van der Waals surface area contributed by atoms with Crippen molar-refractivity contribution >= 4 is 34.4 Å². The number of hydrogen-bond donors (Lipinski definition) is 2. The molecule has 3 heterocycles. The van der Waals surface area contributed by atoms with E-state index in [1.807, 2.05) is 0 Å². The Bertz CT molecular complexity index is 1470. The molecule has 2 fully saturated rings. The standard InChI is InChI=1S/C24H20ClF5N4O3/c1-2-17(24(28,29)30)31-22(36)14-9-34(19-15(25)5-12(26)6-16(19)27)21-13(20(14)35)3-4-18(32-21)33-8-11-7-23(11,37)10-33/h3-6,9,11,17,37H,2,7-8,10H2,1H3,(H,31,36). The number of nitrogens with one attached hydrogen (secondary N) is 1. The first-order valence-corrected chi connectivity index (χ1v) is 11.8.